The summed E-state index contributed by atoms with van der Waals surface area (Å²) in [5, 5.41) is 7.42. The van der Waals surface area contributed by atoms with Gasteiger partial charge in [-0.1, -0.05) is 109 Å². The Morgan fingerprint density at radius 1 is 0.468 bits per heavy atom. The summed E-state index contributed by atoms with van der Waals surface area (Å²) >= 11 is 3.58. The molecule has 3 aromatic heterocycles. The summed E-state index contributed by atoms with van der Waals surface area (Å²) in [7, 11) is 0. The third-order valence-electron chi connectivity index (χ3n) is 9.44. The lowest BCUT2D eigenvalue weighted by Gasteiger charge is -2.10. The molecule has 7 aromatic carbocycles. The van der Waals surface area contributed by atoms with Gasteiger partial charge >= 0.3 is 0 Å². The fourth-order valence-corrected chi connectivity index (χ4v) is 9.75. The van der Waals surface area contributed by atoms with Gasteiger partial charge in [0.2, 0.25) is 5.69 Å². The van der Waals surface area contributed by atoms with Gasteiger partial charge in [-0.2, -0.15) is 0 Å². The van der Waals surface area contributed by atoms with Crippen LogP contribution < -0.4 is 0 Å². The van der Waals surface area contributed by atoms with Gasteiger partial charge < -0.3 is 4.57 Å². The molecule has 0 atom stereocenters. The number of fused-ring (bicyclic) bond motifs is 9. The molecule has 10 rings (SSSR count). The Morgan fingerprint density at radius 2 is 1.21 bits per heavy atom. The smallest absolute Gasteiger partial charge is 0.204 e. The number of aromatic nitrogens is 1. The zero-order valence-corrected chi connectivity index (χ0v) is 26.7. The van der Waals surface area contributed by atoms with Gasteiger partial charge in [0.15, 0.2) is 0 Å². The highest BCUT2D eigenvalue weighted by atomic mass is 32.1. The van der Waals surface area contributed by atoms with Crippen LogP contribution in [0.1, 0.15) is 0 Å². The van der Waals surface area contributed by atoms with Crippen molar-refractivity contribution < 1.29 is 0 Å². The molecular formula is C43H24N2S2. The van der Waals surface area contributed by atoms with Crippen molar-refractivity contribution in [3.63, 3.8) is 0 Å². The maximum atomic E-state index is 8.07. The number of hydrogen-bond donors (Lipinski definition) is 0. The number of benzene rings is 7. The van der Waals surface area contributed by atoms with E-state index < -0.39 is 0 Å². The van der Waals surface area contributed by atoms with Crippen LogP contribution in [0.2, 0.25) is 0 Å². The van der Waals surface area contributed by atoms with Crippen molar-refractivity contribution >= 4 is 90.5 Å². The normalized spacial score (nSPS) is 11.8. The van der Waals surface area contributed by atoms with Gasteiger partial charge in [0.25, 0.3) is 0 Å². The molecule has 0 unspecified atom stereocenters. The zero-order valence-electron chi connectivity index (χ0n) is 25.1. The molecule has 0 radical (unpaired) electrons. The number of nitrogens with zero attached hydrogens (tertiary/aromatic N) is 2. The topological polar surface area (TPSA) is 9.29 Å². The summed E-state index contributed by atoms with van der Waals surface area (Å²) < 4.78 is 7.24. The second kappa shape index (κ2) is 10.1. The summed E-state index contributed by atoms with van der Waals surface area (Å²) in [5.41, 5.74) is 8.98. The van der Waals surface area contributed by atoms with E-state index in [1.54, 1.807) is 11.3 Å². The molecule has 0 saturated heterocycles. The predicted octanol–water partition coefficient (Wildman–Crippen LogP) is 13.4. The molecular weight excluding hydrogens is 609 g/mol. The van der Waals surface area contributed by atoms with Crippen molar-refractivity contribution in [3.05, 3.63) is 157 Å². The molecule has 10 aromatic rings. The fourth-order valence-electron chi connectivity index (χ4n) is 7.31. The quantitative estimate of drug-likeness (QED) is 0.171. The highest BCUT2D eigenvalue weighted by Crippen LogP contribution is 2.48. The van der Waals surface area contributed by atoms with Crippen molar-refractivity contribution in [2.75, 3.05) is 0 Å². The minimum atomic E-state index is 0.702. The molecule has 0 aliphatic heterocycles. The SMILES string of the molecule is [C-]#[N+]c1ccc(-c2ccc3c(c2)sc2ccccc23)c2c1sc1c(-n3c4ccccc4c4cc(-c5ccccc5)ccc43)cccc12. The van der Waals surface area contributed by atoms with Gasteiger partial charge in [-0.25, -0.2) is 4.85 Å². The van der Waals surface area contributed by atoms with E-state index in [4.69, 9.17) is 6.57 Å². The first-order valence-corrected chi connectivity index (χ1v) is 17.3. The first-order chi connectivity index (χ1) is 23.3. The van der Waals surface area contributed by atoms with Crippen LogP contribution in [-0.2, 0) is 0 Å². The Labute approximate surface area is 278 Å². The maximum absolute atomic E-state index is 8.07. The van der Waals surface area contributed by atoms with Gasteiger partial charge in [-0.15, -0.1) is 22.7 Å². The van der Waals surface area contributed by atoms with E-state index in [9.17, 15) is 0 Å². The first-order valence-electron chi connectivity index (χ1n) is 15.6. The summed E-state index contributed by atoms with van der Waals surface area (Å²) in [6.45, 7) is 8.07. The van der Waals surface area contributed by atoms with E-state index in [0.717, 1.165) is 15.8 Å². The standard InChI is InChI=1S/C43H24N2S2/c1-44-35-22-21-29(28-18-20-32-31-13-6-8-17-39(31)46-40(32)25-28)41-33-14-9-16-38(42(33)47-43(35)41)45-36-15-7-5-12-30(36)34-24-27(19-23-37(34)45)26-10-3-2-4-11-26/h2-25H. The van der Waals surface area contributed by atoms with Crippen LogP contribution in [0.15, 0.2) is 146 Å². The van der Waals surface area contributed by atoms with Crippen molar-refractivity contribution in [2.24, 2.45) is 0 Å². The Morgan fingerprint density at radius 3 is 2.11 bits per heavy atom. The predicted molar refractivity (Wildman–Crippen MR) is 204 cm³/mol. The third-order valence-corrected chi connectivity index (χ3v) is 11.8. The summed E-state index contributed by atoms with van der Waals surface area (Å²) in [4.78, 5) is 3.99. The molecule has 0 bridgehead atoms. The van der Waals surface area contributed by atoms with Gasteiger partial charge in [0.05, 0.1) is 28.0 Å². The Hall–Kier alpha value is -5.73. The van der Waals surface area contributed by atoms with E-state index >= 15 is 0 Å². The zero-order chi connectivity index (χ0) is 31.1. The van der Waals surface area contributed by atoms with E-state index in [-0.39, 0.29) is 0 Å². The number of thiophene rings is 2. The maximum Gasteiger partial charge on any atom is 0.204 e. The molecule has 2 nitrogen and oxygen atoms in total. The largest absolute Gasteiger partial charge is 0.308 e. The average Bonchev–Trinajstić information content (AvgIpc) is 3.81. The molecule has 0 aliphatic rings. The van der Waals surface area contributed by atoms with Crippen LogP contribution in [0.3, 0.4) is 0 Å². The number of hydrogen-bond acceptors (Lipinski definition) is 2. The lowest BCUT2D eigenvalue weighted by Crippen LogP contribution is -1.93. The Kier molecular flexibility index (Phi) is 5.71. The molecule has 3 heterocycles. The first kappa shape index (κ1) is 26.5. The third kappa shape index (κ3) is 3.88. The monoisotopic (exact) mass is 632 g/mol. The average molecular weight is 633 g/mol. The molecule has 0 saturated carbocycles. The van der Waals surface area contributed by atoms with Crippen molar-refractivity contribution in [1.29, 1.82) is 0 Å². The second-order valence-electron chi connectivity index (χ2n) is 12.0. The number of para-hydroxylation sites is 1. The lowest BCUT2D eigenvalue weighted by atomic mass is 9.97. The second-order valence-corrected chi connectivity index (χ2v) is 14.1. The van der Waals surface area contributed by atoms with E-state index in [1.807, 2.05) is 17.4 Å². The van der Waals surface area contributed by atoms with Crippen LogP contribution in [0.25, 0.3) is 94.9 Å². The van der Waals surface area contributed by atoms with Gasteiger partial charge in [0, 0.05) is 41.0 Å². The van der Waals surface area contributed by atoms with Gasteiger partial charge in [-0.3, -0.25) is 0 Å². The van der Waals surface area contributed by atoms with Crippen LogP contribution >= 0.6 is 22.7 Å². The molecule has 0 N–H and O–H groups in total. The fraction of sp³-hybridized carbons (Fsp3) is 0. The number of rotatable bonds is 3. The van der Waals surface area contributed by atoms with Crippen LogP contribution in [0.5, 0.6) is 0 Å². The summed E-state index contributed by atoms with van der Waals surface area (Å²) in [6, 6.07) is 52.4. The Balaban J connectivity index is 1.24. The van der Waals surface area contributed by atoms with Crippen molar-refractivity contribution in [3.8, 4) is 27.9 Å². The van der Waals surface area contributed by atoms with Crippen LogP contribution in [0, 0.1) is 6.57 Å². The van der Waals surface area contributed by atoms with Crippen LogP contribution in [-0.4, -0.2) is 4.57 Å². The Bertz CT molecular complexity index is 2920. The minimum Gasteiger partial charge on any atom is -0.308 e. The lowest BCUT2D eigenvalue weighted by molar-refractivity contribution is 1.20. The van der Waals surface area contributed by atoms with Crippen molar-refractivity contribution in [2.45, 2.75) is 0 Å². The van der Waals surface area contributed by atoms with Crippen molar-refractivity contribution in [1.82, 2.24) is 4.57 Å². The molecule has 4 heteroatoms. The van der Waals surface area contributed by atoms with E-state index in [2.05, 4.69) is 149 Å². The van der Waals surface area contributed by atoms with E-state index in [1.165, 1.54) is 74.3 Å². The van der Waals surface area contributed by atoms with E-state index in [0.29, 0.717) is 5.69 Å². The minimum absolute atomic E-state index is 0.702. The molecule has 0 spiro atoms. The van der Waals surface area contributed by atoms with Crippen LogP contribution in [0.4, 0.5) is 5.69 Å². The summed E-state index contributed by atoms with van der Waals surface area (Å²) in [5.74, 6) is 0. The summed E-state index contributed by atoms with van der Waals surface area (Å²) in [6.07, 6.45) is 0. The molecule has 0 amide bonds. The molecule has 0 aliphatic carbocycles. The highest BCUT2D eigenvalue weighted by molar-refractivity contribution is 7.27. The molecule has 47 heavy (non-hydrogen) atoms. The molecule has 218 valence electrons. The van der Waals surface area contributed by atoms with Gasteiger partial charge in [0.1, 0.15) is 0 Å². The van der Waals surface area contributed by atoms with Gasteiger partial charge in [-0.05, 0) is 64.0 Å². The molecule has 0 fully saturated rings. The highest BCUT2D eigenvalue weighted by Gasteiger charge is 2.20.